The minimum absolute atomic E-state index is 0.0266. The van der Waals surface area contributed by atoms with Crippen molar-refractivity contribution < 1.29 is 9.53 Å². The number of nitrogens with zero attached hydrogens (tertiary/aromatic N) is 4. The van der Waals surface area contributed by atoms with Crippen molar-refractivity contribution >= 4 is 5.91 Å². The van der Waals surface area contributed by atoms with Gasteiger partial charge in [0.05, 0.1) is 6.61 Å². The number of pyridine rings is 2. The van der Waals surface area contributed by atoms with Gasteiger partial charge in [-0.3, -0.25) is 19.7 Å². The fraction of sp³-hybridized carbons (Fsp3) is 0.421. The van der Waals surface area contributed by atoms with Gasteiger partial charge in [0.25, 0.3) is 0 Å². The highest BCUT2D eigenvalue weighted by atomic mass is 16.5. The average molecular weight is 340 g/mol. The third kappa shape index (κ3) is 4.61. The number of rotatable bonds is 6. The Balaban J connectivity index is 1.61. The summed E-state index contributed by atoms with van der Waals surface area (Å²) in [4.78, 5) is 24.0. The van der Waals surface area contributed by atoms with Crippen LogP contribution in [0.15, 0.2) is 36.9 Å². The molecule has 0 atom stereocenters. The molecule has 0 aromatic carbocycles. The van der Waals surface area contributed by atoms with Crippen LogP contribution in [-0.2, 0) is 35.6 Å². The lowest BCUT2D eigenvalue weighted by Crippen LogP contribution is -2.31. The summed E-state index contributed by atoms with van der Waals surface area (Å²) in [5.74, 6) is -0.0266. The Hall–Kier alpha value is -2.31. The zero-order valence-electron chi connectivity index (χ0n) is 14.8. The Bertz CT molecular complexity index is 719. The average Bonchev–Trinajstić information content (AvgIpc) is 2.62. The molecule has 1 amide bonds. The first-order valence-electron chi connectivity index (χ1n) is 8.47. The first kappa shape index (κ1) is 17.5. The van der Waals surface area contributed by atoms with Gasteiger partial charge in [-0.1, -0.05) is 0 Å². The lowest BCUT2D eigenvalue weighted by Gasteiger charge is -2.29. The van der Waals surface area contributed by atoms with E-state index in [4.69, 9.17) is 4.74 Å². The van der Waals surface area contributed by atoms with Crippen LogP contribution in [0.5, 0.6) is 0 Å². The van der Waals surface area contributed by atoms with E-state index in [1.807, 2.05) is 24.8 Å². The molecule has 0 aliphatic carbocycles. The highest BCUT2D eigenvalue weighted by Gasteiger charge is 2.19. The van der Waals surface area contributed by atoms with E-state index in [-0.39, 0.29) is 12.5 Å². The molecule has 2 aromatic heterocycles. The summed E-state index contributed by atoms with van der Waals surface area (Å²) in [5, 5.41) is 0. The van der Waals surface area contributed by atoms with Crippen molar-refractivity contribution in [1.29, 1.82) is 0 Å². The van der Waals surface area contributed by atoms with Crippen LogP contribution >= 0.6 is 0 Å². The second kappa shape index (κ2) is 8.18. The van der Waals surface area contributed by atoms with Crippen molar-refractivity contribution in [1.82, 2.24) is 19.8 Å². The van der Waals surface area contributed by atoms with Crippen molar-refractivity contribution in [3.8, 4) is 0 Å². The summed E-state index contributed by atoms with van der Waals surface area (Å²) in [7, 11) is 3.46. The van der Waals surface area contributed by atoms with Gasteiger partial charge in [0.1, 0.15) is 6.61 Å². The third-order valence-electron chi connectivity index (χ3n) is 4.45. The predicted molar refractivity (Wildman–Crippen MR) is 94.6 cm³/mol. The number of amides is 1. The van der Waals surface area contributed by atoms with Crippen LogP contribution in [0.3, 0.4) is 0 Å². The quantitative estimate of drug-likeness (QED) is 0.800. The van der Waals surface area contributed by atoms with E-state index >= 15 is 0 Å². The molecule has 0 saturated heterocycles. The molecule has 0 spiro atoms. The third-order valence-corrected chi connectivity index (χ3v) is 4.45. The molecule has 0 unspecified atom stereocenters. The normalized spacial score (nSPS) is 14.2. The van der Waals surface area contributed by atoms with Gasteiger partial charge in [-0.15, -0.1) is 0 Å². The highest BCUT2D eigenvalue weighted by molar-refractivity contribution is 5.76. The van der Waals surface area contributed by atoms with Gasteiger partial charge in [0.15, 0.2) is 0 Å². The Morgan fingerprint density at radius 1 is 1.24 bits per heavy atom. The molecule has 0 N–H and O–H groups in total. The summed E-state index contributed by atoms with van der Waals surface area (Å²) in [6, 6.07) is 4.11. The van der Waals surface area contributed by atoms with Gasteiger partial charge in [-0.2, -0.15) is 0 Å². The second-order valence-corrected chi connectivity index (χ2v) is 6.53. The molecule has 25 heavy (non-hydrogen) atoms. The lowest BCUT2D eigenvalue weighted by molar-refractivity contribution is -0.133. The van der Waals surface area contributed by atoms with Crippen LogP contribution in [0.25, 0.3) is 0 Å². The fourth-order valence-electron chi connectivity index (χ4n) is 3.01. The number of hydrogen-bond donors (Lipinski definition) is 0. The van der Waals surface area contributed by atoms with E-state index in [2.05, 4.69) is 27.0 Å². The smallest absolute Gasteiger partial charge is 0.248 e. The fourth-order valence-corrected chi connectivity index (χ4v) is 3.01. The van der Waals surface area contributed by atoms with Crippen LogP contribution in [-0.4, -0.2) is 52.9 Å². The van der Waals surface area contributed by atoms with Crippen molar-refractivity contribution in [2.75, 3.05) is 27.2 Å². The minimum Gasteiger partial charge on any atom is -0.367 e. The number of fused-ring (bicyclic) bond motifs is 1. The number of hydrogen-bond acceptors (Lipinski definition) is 5. The molecule has 1 aliphatic heterocycles. The molecule has 1 aliphatic rings. The summed E-state index contributed by atoms with van der Waals surface area (Å²) in [5.41, 5.74) is 4.93. The molecule has 2 aromatic rings. The monoisotopic (exact) mass is 340 g/mol. The molecular weight excluding hydrogens is 316 g/mol. The number of carbonyl (C=O) groups is 1. The van der Waals surface area contributed by atoms with E-state index in [1.54, 1.807) is 14.1 Å². The highest BCUT2D eigenvalue weighted by Crippen LogP contribution is 2.23. The number of aromatic nitrogens is 2. The molecule has 0 saturated carbocycles. The summed E-state index contributed by atoms with van der Waals surface area (Å²) in [6.07, 6.45) is 8.45. The molecular formula is C19H24N4O2. The van der Waals surface area contributed by atoms with E-state index in [1.165, 1.54) is 21.6 Å². The molecule has 6 nitrogen and oxygen atoms in total. The van der Waals surface area contributed by atoms with Crippen molar-refractivity contribution in [3.63, 3.8) is 0 Å². The molecule has 6 heteroatoms. The van der Waals surface area contributed by atoms with Gasteiger partial charge < -0.3 is 9.64 Å². The zero-order chi connectivity index (χ0) is 17.6. The Morgan fingerprint density at radius 2 is 2.04 bits per heavy atom. The Labute approximate surface area is 148 Å². The molecule has 132 valence electrons. The zero-order valence-corrected chi connectivity index (χ0v) is 14.8. The molecule has 3 heterocycles. The maximum absolute atomic E-state index is 11.6. The number of ether oxygens (including phenoxy) is 1. The maximum atomic E-state index is 11.6. The first-order valence-corrected chi connectivity index (χ1v) is 8.47. The van der Waals surface area contributed by atoms with Gasteiger partial charge in [-0.25, -0.2) is 0 Å². The van der Waals surface area contributed by atoms with Gasteiger partial charge >= 0.3 is 0 Å². The SMILES string of the molecule is CN(C)C(=O)COCc1cncc2c1CCN(Cc1ccncc1)C2. The van der Waals surface area contributed by atoms with E-state index in [0.717, 1.165) is 31.6 Å². The molecule has 0 radical (unpaired) electrons. The van der Waals surface area contributed by atoms with Gasteiger partial charge in [0, 0.05) is 58.5 Å². The Kier molecular flexibility index (Phi) is 5.73. The first-order chi connectivity index (χ1) is 12.1. The molecule has 0 fully saturated rings. The largest absolute Gasteiger partial charge is 0.367 e. The van der Waals surface area contributed by atoms with E-state index in [9.17, 15) is 4.79 Å². The minimum atomic E-state index is -0.0266. The van der Waals surface area contributed by atoms with Crippen LogP contribution < -0.4 is 0 Å². The van der Waals surface area contributed by atoms with Crippen LogP contribution in [0.4, 0.5) is 0 Å². The van der Waals surface area contributed by atoms with Crippen LogP contribution in [0.2, 0.25) is 0 Å². The van der Waals surface area contributed by atoms with Crippen molar-refractivity contribution in [3.05, 3.63) is 59.2 Å². The summed E-state index contributed by atoms with van der Waals surface area (Å²) >= 11 is 0. The van der Waals surface area contributed by atoms with Gasteiger partial charge in [-0.05, 0) is 40.8 Å². The molecule has 3 rings (SSSR count). The topological polar surface area (TPSA) is 58.6 Å². The van der Waals surface area contributed by atoms with Gasteiger partial charge in [0.2, 0.25) is 5.91 Å². The second-order valence-electron chi connectivity index (χ2n) is 6.53. The maximum Gasteiger partial charge on any atom is 0.248 e. The standard InChI is InChI=1S/C19H24N4O2/c1-22(2)19(24)14-25-13-17-10-21-9-16-12-23(8-5-18(16)17)11-15-3-6-20-7-4-15/h3-4,6-7,9-10H,5,8,11-14H2,1-2H3. The number of likely N-dealkylation sites (N-methyl/N-ethyl adjacent to an activating group) is 1. The molecule has 0 bridgehead atoms. The van der Waals surface area contributed by atoms with Crippen LogP contribution in [0.1, 0.15) is 22.3 Å². The van der Waals surface area contributed by atoms with Crippen LogP contribution in [0, 0.1) is 0 Å². The van der Waals surface area contributed by atoms with Crippen molar-refractivity contribution in [2.24, 2.45) is 0 Å². The summed E-state index contributed by atoms with van der Waals surface area (Å²) in [6.45, 7) is 3.34. The lowest BCUT2D eigenvalue weighted by atomic mass is 9.97. The Morgan fingerprint density at radius 3 is 2.80 bits per heavy atom. The summed E-state index contributed by atoms with van der Waals surface area (Å²) < 4.78 is 5.58. The van der Waals surface area contributed by atoms with E-state index in [0.29, 0.717) is 6.61 Å². The predicted octanol–water partition coefficient (Wildman–Crippen LogP) is 1.64. The van der Waals surface area contributed by atoms with Crippen molar-refractivity contribution in [2.45, 2.75) is 26.1 Å². The van der Waals surface area contributed by atoms with E-state index < -0.39 is 0 Å². The number of carbonyl (C=O) groups excluding carboxylic acids is 1.